The molecule has 2 aromatic heterocycles. The number of alkyl halides is 3. The molecule has 1 aromatic carbocycles. The van der Waals surface area contributed by atoms with E-state index < -0.39 is 11.7 Å². The number of tetrazole rings is 1. The maximum absolute atomic E-state index is 12.8. The highest BCUT2D eigenvalue weighted by molar-refractivity contribution is 7.99. The fourth-order valence-electron chi connectivity index (χ4n) is 3.32. The SMILES string of the molecule is Cc1ccc(-n2nnnc2SCC(=O)N2CCN(c3ncc(C(F)(F)F)cc3Cl)CC2)cc1. The monoisotopic (exact) mass is 497 g/mol. The van der Waals surface area contributed by atoms with Gasteiger partial charge >= 0.3 is 6.18 Å². The highest BCUT2D eigenvalue weighted by Gasteiger charge is 2.32. The maximum atomic E-state index is 12.8. The van der Waals surface area contributed by atoms with Crippen molar-refractivity contribution in [2.75, 3.05) is 36.8 Å². The lowest BCUT2D eigenvalue weighted by Gasteiger charge is -2.35. The summed E-state index contributed by atoms with van der Waals surface area (Å²) in [6.45, 7) is 3.62. The van der Waals surface area contributed by atoms with Crippen molar-refractivity contribution in [3.05, 3.63) is 52.7 Å². The number of halogens is 4. The Kier molecular flexibility index (Phi) is 6.75. The fraction of sp³-hybridized carbons (Fsp3) is 0.350. The number of carbonyl (C=O) groups is 1. The third-order valence-corrected chi connectivity index (χ3v) is 6.31. The quantitative estimate of drug-likeness (QED) is 0.499. The summed E-state index contributed by atoms with van der Waals surface area (Å²) in [5, 5.41) is 12.1. The van der Waals surface area contributed by atoms with Crippen LogP contribution in [0.15, 0.2) is 41.7 Å². The summed E-state index contributed by atoms with van der Waals surface area (Å²) in [6, 6.07) is 8.58. The van der Waals surface area contributed by atoms with Gasteiger partial charge in [-0.3, -0.25) is 4.79 Å². The molecule has 4 rings (SSSR count). The fourth-order valence-corrected chi connectivity index (χ4v) is 4.40. The molecule has 1 aliphatic rings. The number of amides is 1. The highest BCUT2D eigenvalue weighted by Crippen LogP contribution is 2.33. The van der Waals surface area contributed by atoms with Crippen LogP contribution in [0.5, 0.6) is 0 Å². The smallest absolute Gasteiger partial charge is 0.352 e. The summed E-state index contributed by atoms with van der Waals surface area (Å²) in [5.74, 6) is 0.360. The lowest BCUT2D eigenvalue weighted by atomic mass is 10.2. The van der Waals surface area contributed by atoms with Gasteiger partial charge in [0.15, 0.2) is 0 Å². The Morgan fingerprint density at radius 3 is 2.48 bits per heavy atom. The number of hydrogen-bond acceptors (Lipinski definition) is 7. The van der Waals surface area contributed by atoms with E-state index in [0.29, 0.717) is 31.3 Å². The molecule has 1 aliphatic heterocycles. The Labute approximate surface area is 196 Å². The van der Waals surface area contributed by atoms with Crippen LogP contribution in [0.4, 0.5) is 19.0 Å². The molecule has 0 atom stereocenters. The number of carbonyl (C=O) groups excluding carboxylic acids is 1. The summed E-state index contributed by atoms with van der Waals surface area (Å²) in [5.41, 5.74) is 1.02. The van der Waals surface area contributed by atoms with Gasteiger partial charge in [-0.25, -0.2) is 4.98 Å². The average molecular weight is 498 g/mol. The van der Waals surface area contributed by atoms with Crippen LogP contribution in [0.1, 0.15) is 11.1 Å². The number of aryl methyl sites for hydroxylation is 1. The van der Waals surface area contributed by atoms with Gasteiger partial charge in [0.1, 0.15) is 5.82 Å². The zero-order chi connectivity index (χ0) is 23.6. The molecule has 8 nitrogen and oxygen atoms in total. The van der Waals surface area contributed by atoms with Crippen LogP contribution in [0.3, 0.4) is 0 Å². The molecule has 13 heteroatoms. The summed E-state index contributed by atoms with van der Waals surface area (Å²) >= 11 is 7.28. The number of thioether (sulfide) groups is 1. The van der Waals surface area contributed by atoms with E-state index in [1.807, 2.05) is 31.2 Å². The second-order valence-corrected chi connectivity index (χ2v) is 8.74. The van der Waals surface area contributed by atoms with Crippen molar-refractivity contribution in [2.45, 2.75) is 18.3 Å². The van der Waals surface area contributed by atoms with Gasteiger partial charge in [0.25, 0.3) is 0 Å². The normalized spacial score (nSPS) is 14.6. The zero-order valence-corrected chi connectivity index (χ0v) is 19.0. The molecule has 33 heavy (non-hydrogen) atoms. The molecule has 0 radical (unpaired) electrons. The van der Waals surface area contributed by atoms with E-state index in [1.165, 1.54) is 11.8 Å². The molecule has 1 amide bonds. The number of benzene rings is 1. The Bertz CT molecular complexity index is 1130. The molecule has 0 unspecified atom stereocenters. The summed E-state index contributed by atoms with van der Waals surface area (Å²) in [4.78, 5) is 20.1. The molecule has 0 spiro atoms. The Morgan fingerprint density at radius 2 is 1.85 bits per heavy atom. The first-order valence-corrected chi connectivity index (χ1v) is 11.3. The van der Waals surface area contributed by atoms with Crippen molar-refractivity contribution < 1.29 is 18.0 Å². The number of piperazine rings is 1. The lowest BCUT2D eigenvalue weighted by molar-refractivity contribution is -0.137. The van der Waals surface area contributed by atoms with Crippen LogP contribution >= 0.6 is 23.4 Å². The number of aromatic nitrogens is 5. The van der Waals surface area contributed by atoms with E-state index in [1.54, 1.807) is 14.5 Å². The van der Waals surface area contributed by atoms with E-state index in [0.717, 1.165) is 23.5 Å². The van der Waals surface area contributed by atoms with Crippen molar-refractivity contribution in [3.8, 4) is 5.69 Å². The van der Waals surface area contributed by atoms with Crippen molar-refractivity contribution >= 4 is 35.1 Å². The molecular formula is C20H19ClF3N7OS. The first-order chi connectivity index (χ1) is 15.7. The van der Waals surface area contributed by atoms with Gasteiger partial charge in [0.05, 0.1) is 22.0 Å². The van der Waals surface area contributed by atoms with Gasteiger partial charge in [-0.15, -0.1) is 5.10 Å². The predicted octanol–water partition coefficient (Wildman–Crippen LogP) is 3.48. The molecule has 0 saturated carbocycles. The van der Waals surface area contributed by atoms with Gasteiger partial charge in [0, 0.05) is 32.4 Å². The van der Waals surface area contributed by atoms with E-state index in [4.69, 9.17) is 11.6 Å². The van der Waals surface area contributed by atoms with Crippen LogP contribution in [-0.2, 0) is 11.0 Å². The van der Waals surface area contributed by atoms with Crippen LogP contribution < -0.4 is 4.90 Å². The average Bonchev–Trinajstić information content (AvgIpc) is 3.26. The Hall–Kier alpha value is -2.86. The molecule has 0 bridgehead atoms. The molecule has 3 heterocycles. The largest absolute Gasteiger partial charge is 0.417 e. The van der Waals surface area contributed by atoms with Crippen molar-refractivity contribution in [3.63, 3.8) is 0 Å². The van der Waals surface area contributed by atoms with Crippen LogP contribution in [0, 0.1) is 6.92 Å². The van der Waals surface area contributed by atoms with Gasteiger partial charge in [0.2, 0.25) is 11.1 Å². The Morgan fingerprint density at radius 1 is 1.15 bits per heavy atom. The van der Waals surface area contributed by atoms with Gasteiger partial charge in [-0.05, 0) is 35.5 Å². The molecule has 0 aliphatic carbocycles. The van der Waals surface area contributed by atoms with Crippen molar-refractivity contribution in [1.82, 2.24) is 30.1 Å². The van der Waals surface area contributed by atoms with Gasteiger partial charge in [-0.1, -0.05) is 41.1 Å². The number of pyridine rings is 1. The lowest BCUT2D eigenvalue weighted by Crippen LogP contribution is -2.49. The van der Waals surface area contributed by atoms with E-state index >= 15 is 0 Å². The second kappa shape index (κ2) is 9.56. The second-order valence-electron chi connectivity index (χ2n) is 7.39. The Balaban J connectivity index is 1.33. The number of rotatable bonds is 5. The van der Waals surface area contributed by atoms with Crippen molar-refractivity contribution in [2.24, 2.45) is 0 Å². The molecule has 1 fully saturated rings. The predicted molar refractivity (Wildman–Crippen MR) is 118 cm³/mol. The summed E-state index contributed by atoms with van der Waals surface area (Å²) < 4.78 is 40.0. The minimum atomic E-state index is -4.50. The minimum absolute atomic E-state index is 0.0666. The van der Waals surface area contributed by atoms with E-state index in [9.17, 15) is 18.0 Å². The van der Waals surface area contributed by atoms with Crippen LogP contribution in [-0.4, -0.2) is 67.9 Å². The van der Waals surface area contributed by atoms with Crippen LogP contribution in [0.25, 0.3) is 5.69 Å². The first-order valence-electron chi connectivity index (χ1n) is 9.96. The number of anilines is 1. The molecule has 174 valence electrons. The topological polar surface area (TPSA) is 80.0 Å². The zero-order valence-electron chi connectivity index (χ0n) is 17.5. The van der Waals surface area contributed by atoms with Gasteiger partial charge in [-0.2, -0.15) is 17.9 Å². The van der Waals surface area contributed by atoms with E-state index in [-0.39, 0.29) is 22.5 Å². The number of hydrogen-bond donors (Lipinski definition) is 0. The standard InChI is InChI=1S/C20H19ClF3N7OS/c1-13-2-4-15(5-3-13)31-19(26-27-28-31)33-12-17(32)29-6-8-30(9-7-29)18-16(21)10-14(11-25-18)20(22,23)24/h2-5,10-11H,6-9,12H2,1H3. The third-order valence-electron chi connectivity index (χ3n) is 5.13. The van der Waals surface area contributed by atoms with E-state index in [2.05, 4.69) is 20.5 Å². The minimum Gasteiger partial charge on any atom is -0.352 e. The highest BCUT2D eigenvalue weighted by atomic mass is 35.5. The van der Waals surface area contributed by atoms with Gasteiger partial charge < -0.3 is 9.80 Å². The molecule has 1 saturated heterocycles. The van der Waals surface area contributed by atoms with Crippen molar-refractivity contribution in [1.29, 1.82) is 0 Å². The summed E-state index contributed by atoms with van der Waals surface area (Å²) in [7, 11) is 0. The third kappa shape index (κ3) is 5.38. The number of nitrogens with zero attached hydrogens (tertiary/aromatic N) is 7. The summed E-state index contributed by atoms with van der Waals surface area (Å²) in [6.07, 6.45) is -3.73. The van der Waals surface area contributed by atoms with Crippen LogP contribution in [0.2, 0.25) is 5.02 Å². The molecular weight excluding hydrogens is 479 g/mol. The molecule has 3 aromatic rings. The maximum Gasteiger partial charge on any atom is 0.417 e. The molecule has 0 N–H and O–H groups in total. The first kappa shape index (κ1) is 23.3.